The van der Waals surface area contributed by atoms with E-state index in [4.69, 9.17) is 11.6 Å². The third-order valence-electron chi connectivity index (χ3n) is 6.01. The van der Waals surface area contributed by atoms with E-state index in [0.717, 1.165) is 30.0 Å². The molecular weight excluding hydrogens is 387 g/mol. The van der Waals surface area contributed by atoms with Gasteiger partial charge in [-0.15, -0.1) is 0 Å². The number of benzene rings is 2. The number of anilines is 2. The van der Waals surface area contributed by atoms with Crippen LogP contribution in [0.3, 0.4) is 0 Å². The molecule has 0 aliphatic carbocycles. The maximum atomic E-state index is 14.2. The number of aromatic nitrogens is 2. The Morgan fingerprint density at radius 1 is 0.966 bits per heavy atom. The van der Waals surface area contributed by atoms with Crippen LogP contribution in [-0.4, -0.2) is 28.1 Å². The fourth-order valence-corrected chi connectivity index (χ4v) is 4.91. The lowest BCUT2D eigenvalue weighted by Crippen LogP contribution is -2.47. The smallest absolute Gasteiger partial charge is 0.225 e. The van der Waals surface area contributed by atoms with Crippen molar-refractivity contribution in [3.05, 3.63) is 71.8 Å². The Morgan fingerprint density at radius 3 is 2.31 bits per heavy atom. The standard InChI is InChI=1S/C23H22ClFN4/c24-16-4-9-21(22(25)12-16)15-2-5-17(6-3-15)28-18-13-19-7-8-20(14-18)29(19)23-26-10-1-11-27-23/h1-6,9-12,18-20,28H,7-8,13-14H2. The largest absolute Gasteiger partial charge is 0.382 e. The highest BCUT2D eigenvalue weighted by atomic mass is 35.5. The third kappa shape index (κ3) is 3.67. The summed E-state index contributed by atoms with van der Waals surface area (Å²) < 4.78 is 14.2. The zero-order chi connectivity index (χ0) is 19.8. The highest BCUT2D eigenvalue weighted by molar-refractivity contribution is 6.30. The van der Waals surface area contributed by atoms with Gasteiger partial charge < -0.3 is 10.2 Å². The van der Waals surface area contributed by atoms with Crippen molar-refractivity contribution in [3.8, 4) is 11.1 Å². The van der Waals surface area contributed by atoms with Crippen molar-refractivity contribution in [2.24, 2.45) is 0 Å². The summed E-state index contributed by atoms with van der Waals surface area (Å²) in [5, 5.41) is 4.08. The number of piperidine rings is 1. The van der Waals surface area contributed by atoms with Gasteiger partial charge in [0, 0.05) is 46.8 Å². The van der Waals surface area contributed by atoms with Gasteiger partial charge in [-0.05, 0) is 67.6 Å². The SMILES string of the molecule is Fc1cc(Cl)ccc1-c1ccc(NC2CC3CCC(C2)N3c2ncccn2)cc1. The van der Waals surface area contributed by atoms with E-state index in [1.807, 2.05) is 42.7 Å². The predicted octanol–water partition coefficient (Wildman–Crippen LogP) is 5.55. The van der Waals surface area contributed by atoms with Gasteiger partial charge in [0.15, 0.2) is 0 Å². The summed E-state index contributed by atoms with van der Waals surface area (Å²) in [6.45, 7) is 0. The summed E-state index contributed by atoms with van der Waals surface area (Å²) in [5.74, 6) is 0.554. The van der Waals surface area contributed by atoms with Crippen LogP contribution in [0.15, 0.2) is 60.9 Å². The molecule has 2 atom stereocenters. The molecule has 2 aromatic carbocycles. The van der Waals surface area contributed by atoms with Crippen molar-refractivity contribution in [1.29, 1.82) is 0 Å². The molecule has 0 radical (unpaired) electrons. The van der Waals surface area contributed by atoms with Crippen LogP contribution in [0.1, 0.15) is 25.7 Å². The van der Waals surface area contributed by atoms with Gasteiger partial charge in [-0.3, -0.25) is 0 Å². The number of fused-ring (bicyclic) bond motifs is 2. The molecular formula is C23H22ClFN4. The Morgan fingerprint density at radius 2 is 1.66 bits per heavy atom. The van der Waals surface area contributed by atoms with Crippen molar-refractivity contribution in [3.63, 3.8) is 0 Å². The van der Waals surface area contributed by atoms with E-state index in [1.165, 1.54) is 18.9 Å². The molecule has 2 bridgehead atoms. The van der Waals surface area contributed by atoms with Crippen molar-refractivity contribution in [2.45, 2.75) is 43.8 Å². The maximum Gasteiger partial charge on any atom is 0.225 e. The number of hydrogen-bond acceptors (Lipinski definition) is 4. The molecule has 29 heavy (non-hydrogen) atoms. The summed E-state index contributed by atoms with van der Waals surface area (Å²) >= 11 is 5.85. The van der Waals surface area contributed by atoms with Crippen molar-refractivity contribution < 1.29 is 4.39 Å². The molecule has 5 rings (SSSR count). The third-order valence-corrected chi connectivity index (χ3v) is 6.25. The number of halogens is 2. The van der Waals surface area contributed by atoms with Gasteiger partial charge in [0.1, 0.15) is 5.82 Å². The first kappa shape index (κ1) is 18.4. The molecule has 6 heteroatoms. The predicted molar refractivity (Wildman–Crippen MR) is 115 cm³/mol. The molecule has 0 saturated carbocycles. The van der Waals surface area contributed by atoms with Crippen LogP contribution in [0.4, 0.5) is 16.0 Å². The quantitative estimate of drug-likeness (QED) is 0.614. The van der Waals surface area contributed by atoms with Gasteiger partial charge in [0.25, 0.3) is 0 Å². The summed E-state index contributed by atoms with van der Waals surface area (Å²) in [4.78, 5) is 11.3. The fraction of sp³-hybridized carbons (Fsp3) is 0.304. The first-order valence-electron chi connectivity index (χ1n) is 10.0. The van der Waals surface area contributed by atoms with E-state index in [1.54, 1.807) is 12.1 Å². The molecule has 148 valence electrons. The number of rotatable bonds is 4. The Hall–Kier alpha value is -2.66. The van der Waals surface area contributed by atoms with E-state index in [9.17, 15) is 4.39 Å². The topological polar surface area (TPSA) is 41.0 Å². The van der Waals surface area contributed by atoms with E-state index in [0.29, 0.717) is 28.7 Å². The molecule has 2 fully saturated rings. The van der Waals surface area contributed by atoms with Crippen LogP contribution in [0.25, 0.3) is 11.1 Å². The van der Waals surface area contributed by atoms with Crippen molar-refractivity contribution >= 4 is 23.2 Å². The number of hydrogen-bond donors (Lipinski definition) is 1. The van der Waals surface area contributed by atoms with Crippen LogP contribution >= 0.6 is 11.6 Å². The summed E-state index contributed by atoms with van der Waals surface area (Å²) in [7, 11) is 0. The second-order valence-electron chi connectivity index (χ2n) is 7.86. The Kier molecular flexibility index (Phi) is 4.84. The van der Waals surface area contributed by atoms with E-state index in [-0.39, 0.29) is 5.82 Å². The second kappa shape index (κ2) is 7.64. The molecule has 2 aliphatic rings. The lowest BCUT2D eigenvalue weighted by molar-refractivity contribution is 0.427. The molecule has 2 unspecified atom stereocenters. The molecule has 2 saturated heterocycles. The molecule has 2 aliphatic heterocycles. The Balaban J connectivity index is 1.27. The van der Waals surface area contributed by atoms with Gasteiger partial charge in [-0.1, -0.05) is 23.7 Å². The van der Waals surface area contributed by atoms with Crippen molar-refractivity contribution in [2.75, 3.05) is 10.2 Å². The first-order chi connectivity index (χ1) is 14.2. The van der Waals surface area contributed by atoms with E-state index >= 15 is 0 Å². The minimum absolute atomic E-state index is 0.301. The van der Waals surface area contributed by atoms with E-state index in [2.05, 4.69) is 20.2 Å². The van der Waals surface area contributed by atoms with Crippen LogP contribution in [0.5, 0.6) is 0 Å². The second-order valence-corrected chi connectivity index (χ2v) is 8.29. The molecule has 3 aromatic rings. The lowest BCUT2D eigenvalue weighted by atomic mass is 9.97. The van der Waals surface area contributed by atoms with Crippen LogP contribution < -0.4 is 10.2 Å². The minimum atomic E-state index is -0.301. The summed E-state index contributed by atoms with van der Waals surface area (Å²) in [6, 6.07) is 16.0. The highest BCUT2D eigenvalue weighted by Gasteiger charge is 2.41. The Labute approximate surface area is 174 Å². The number of nitrogens with zero attached hydrogens (tertiary/aromatic N) is 3. The minimum Gasteiger partial charge on any atom is -0.382 e. The molecule has 0 amide bonds. The molecule has 1 N–H and O–H groups in total. The van der Waals surface area contributed by atoms with Gasteiger partial charge in [-0.25, -0.2) is 14.4 Å². The average Bonchev–Trinajstić information content (AvgIpc) is 3.00. The van der Waals surface area contributed by atoms with E-state index < -0.39 is 0 Å². The number of nitrogens with one attached hydrogen (secondary N) is 1. The molecule has 4 nitrogen and oxygen atoms in total. The van der Waals surface area contributed by atoms with Gasteiger partial charge in [-0.2, -0.15) is 0 Å². The maximum absolute atomic E-state index is 14.2. The van der Waals surface area contributed by atoms with Crippen LogP contribution in [0.2, 0.25) is 5.02 Å². The van der Waals surface area contributed by atoms with Crippen LogP contribution in [-0.2, 0) is 0 Å². The van der Waals surface area contributed by atoms with Gasteiger partial charge in [0.05, 0.1) is 0 Å². The van der Waals surface area contributed by atoms with Gasteiger partial charge in [0.2, 0.25) is 5.95 Å². The fourth-order valence-electron chi connectivity index (χ4n) is 4.75. The molecule has 3 heterocycles. The average molecular weight is 409 g/mol. The molecule has 1 aromatic heterocycles. The lowest BCUT2D eigenvalue weighted by Gasteiger charge is -2.39. The van der Waals surface area contributed by atoms with Gasteiger partial charge >= 0.3 is 0 Å². The zero-order valence-electron chi connectivity index (χ0n) is 15.9. The zero-order valence-corrected chi connectivity index (χ0v) is 16.7. The monoisotopic (exact) mass is 408 g/mol. The van der Waals surface area contributed by atoms with Crippen molar-refractivity contribution in [1.82, 2.24) is 9.97 Å². The highest BCUT2D eigenvalue weighted by Crippen LogP contribution is 2.38. The van der Waals surface area contributed by atoms with Crippen LogP contribution in [0, 0.1) is 5.82 Å². The summed E-state index contributed by atoms with van der Waals surface area (Å²) in [5.41, 5.74) is 2.48. The first-order valence-corrected chi connectivity index (χ1v) is 10.4. The molecule has 0 spiro atoms. The Bertz CT molecular complexity index is 982. The normalized spacial score (nSPS) is 23.2. The summed E-state index contributed by atoms with van der Waals surface area (Å²) in [6.07, 6.45) is 8.16.